The van der Waals surface area contributed by atoms with Crippen molar-refractivity contribution in [2.24, 2.45) is 5.41 Å². The fraction of sp³-hybridized carbons (Fsp3) is 0.400. The molecule has 1 atom stereocenters. The first-order valence-electron chi connectivity index (χ1n) is 15.3. The molecule has 0 aromatic heterocycles. The van der Waals surface area contributed by atoms with E-state index in [1.54, 1.807) is 4.90 Å². The molecule has 3 aromatic carbocycles. The van der Waals surface area contributed by atoms with E-state index in [0.29, 0.717) is 23.9 Å². The van der Waals surface area contributed by atoms with Crippen LogP contribution in [0.25, 0.3) is 0 Å². The van der Waals surface area contributed by atoms with E-state index in [1.807, 2.05) is 12.1 Å². The van der Waals surface area contributed by atoms with Crippen molar-refractivity contribution in [2.75, 3.05) is 26.2 Å². The van der Waals surface area contributed by atoms with Gasteiger partial charge in [-0.2, -0.15) is 0 Å². The van der Waals surface area contributed by atoms with Crippen LogP contribution in [0.1, 0.15) is 70.8 Å². The fourth-order valence-electron chi connectivity index (χ4n) is 7.75. The van der Waals surface area contributed by atoms with Crippen molar-refractivity contribution in [1.29, 1.82) is 0 Å². The van der Waals surface area contributed by atoms with Gasteiger partial charge in [0.2, 0.25) is 11.8 Å². The van der Waals surface area contributed by atoms with Crippen LogP contribution in [0.3, 0.4) is 0 Å². The minimum atomic E-state index is -0.578. The molecule has 7 heteroatoms. The largest absolute Gasteiger partial charge is 0.322 e. The smallest absolute Gasteiger partial charge is 0.255 e. The molecule has 216 valence electrons. The lowest BCUT2D eigenvalue weighted by molar-refractivity contribution is -0.136. The van der Waals surface area contributed by atoms with Crippen molar-refractivity contribution in [2.45, 2.75) is 57.3 Å². The number of rotatable bonds is 6. The van der Waals surface area contributed by atoms with Crippen molar-refractivity contribution in [3.63, 3.8) is 0 Å². The third kappa shape index (κ3) is 5.05. The summed E-state index contributed by atoms with van der Waals surface area (Å²) < 4.78 is 0. The summed E-state index contributed by atoms with van der Waals surface area (Å²) in [7, 11) is 0. The molecule has 42 heavy (non-hydrogen) atoms. The van der Waals surface area contributed by atoms with E-state index < -0.39 is 6.04 Å². The van der Waals surface area contributed by atoms with E-state index >= 15 is 0 Å². The molecule has 0 aliphatic carbocycles. The molecule has 4 heterocycles. The second-order valence-corrected chi connectivity index (χ2v) is 12.6. The third-order valence-corrected chi connectivity index (χ3v) is 10.0. The van der Waals surface area contributed by atoms with Crippen LogP contribution in [0.4, 0.5) is 0 Å². The molecule has 4 aliphatic rings. The highest BCUT2D eigenvalue weighted by Crippen LogP contribution is 2.44. The summed E-state index contributed by atoms with van der Waals surface area (Å²) in [5, 5.41) is 2.40. The molecule has 7 rings (SSSR count). The Labute approximate surface area is 247 Å². The van der Waals surface area contributed by atoms with Crippen LogP contribution >= 0.6 is 0 Å². The number of fused-ring (bicyclic) bond motifs is 1. The first-order valence-corrected chi connectivity index (χ1v) is 15.3. The summed E-state index contributed by atoms with van der Waals surface area (Å²) in [6.07, 6.45) is 4.25. The van der Waals surface area contributed by atoms with Gasteiger partial charge in [0.15, 0.2) is 0 Å². The average molecular weight is 563 g/mol. The Bertz CT molecular complexity index is 1440. The molecule has 3 aromatic rings. The fourth-order valence-corrected chi connectivity index (χ4v) is 7.75. The van der Waals surface area contributed by atoms with Gasteiger partial charge < -0.3 is 4.90 Å². The number of carbonyl (C=O) groups is 3. The van der Waals surface area contributed by atoms with E-state index in [1.165, 1.54) is 36.0 Å². The number of hydrogen-bond acceptors (Lipinski definition) is 5. The predicted molar refractivity (Wildman–Crippen MR) is 160 cm³/mol. The minimum Gasteiger partial charge on any atom is -0.322 e. The van der Waals surface area contributed by atoms with Crippen molar-refractivity contribution >= 4 is 17.7 Å². The lowest BCUT2D eigenvalue weighted by atomic mass is 9.77. The van der Waals surface area contributed by atoms with E-state index in [4.69, 9.17) is 0 Å². The Kier molecular flexibility index (Phi) is 7.16. The lowest BCUT2D eigenvalue weighted by Gasteiger charge is -2.43. The molecule has 3 amide bonds. The van der Waals surface area contributed by atoms with Gasteiger partial charge in [-0.1, -0.05) is 72.8 Å². The normalized spacial score (nSPS) is 22.6. The molecule has 0 saturated carbocycles. The van der Waals surface area contributed by atoms with Crippen LogP contribution < -0.4 is 5.32 Å². The van der Waals surface area contributed by atoms with Crippen LogP contribution in [0.5, 0.6) is 0 Å². The SMILES string of the molecule is O=C1CCC(N2Cc3c(CN4CCC5(CCN(C(c6ccccc6)c6ccccc6)CC5)C4)cccc3C2=O)C(=O)N1. The second-order valence-electron chi connectivity index (χ2n) is 12.6. The molecule has 0 bridgehead atoms. The number of benzene rings is 3. The van der Waals surface area contributed by atoms with Gasteiger partial charge in [-0.3, -0.25) is 29.5 Å². The Morgan fingerprint density at radius 2 is 1.48 bits per heavy atom. The van der Waals surface area contributed by atoms with Crippen LogP contribution in [0.15, 0.2) is 78.9 Å². The standard InChI is InChI=1S/C35H38N4O3/c40-31-15-14-30(33(41)36-31)39-23-29-27(12-7-13-28(29)34(39)42)22-37-19-16-35(24-37)17-20-38(21-18-35)32(25-8-3-1-4-9-25)26-10-5-2-6-11-26/h1-13,30,32H,14-24H2,(H,36,40,41). The maximum absolute atomic E-state index is 13.3. The lowest BCUT2D eigenvalue weighted by Crippen LogP contribution is -2.52. The highest BCUT2D eigenvalue weighted by molar-refractivity contribution is 6.05. The Hall–Kier alpha value is -3.81. The summed E-state index contributed by atoms with van der Waals surface area (Å²) in [5.74, 6) is -0.716. The zero-order valence-corrected chi connectivity index (χ0v) is 24.0. The van der Waals surface area contributed by atoms with Gasteiger partial charge in [0.05, 0.1) is 6.04 Å². The van der Waals surface area contributed by atoms with E-state index in [-0.39, 0.29) is 30.2 Å². The maximum atomic E-state index is 13.3. The number of nitrogens with zero attached hydrogens (tertiary/aromatic N) is 3. The van der Waals surface area contributed by atoms with Gasteiger partial charge in [0.25, 0.3) is 5.91 Å². The third-order valence-electron chi connectivity index (χ3n) is 10.0. The quantitative estimate of drug-likeness (QED) is 0.447. The second kappa shape index (κ2) is 11.1. The van der Waals surface area contributed by atoms with E-state index in [9.17, 15) is 14.4 Å². The number of carbonyl (C=O) groups excluding carboxylic acids is 3. The Morgan fingerprint density at radius 3 is 2.14 bits per heavy atom. The summed E-state index contributed by atoms with van der Waals surface area (Å²) in [4.78, 5) is 44.3. The number of imide groups is 1. The van der Waals surface area contributed by atoms with Crippen molar-refractivity contribution in [3.8, 4) is 0 Å². The van der Waals surface area contributed by atoms with Crippen molar-refractivity contribution < 1.29 is 14.4 Å². The molecular formula is C35H38N4O3. The number of nitrogens with one attached hydrogen (secondary N) is 1. The van der Waals surface area contributed by atoms with Gasteiger partial charge in [-0.05, 0) is 79.1 Å². The number of amides is 3. The Morgan fingerprint density at radius 1 is 0.810 bits per heavy atom. The zero-order valence-electron chi connectivity index (χ0n) is 24.0. The molecule has 4 aliphatic heterocycles. The number of piperidine rings is 2. The predicted octanol–water partition coefficient (Wildman–Crippen LogP) is 4.53. The van der Waals surface area contributed by atoms with E-state index in [2.05, 4.69) is 81.8 Å². The molecule has 3 saturated heterocycles. The summed E-state index contributed by atoms with van der Waals surface area (Å²) in [6, 6.07) is 27.5. The van der Waals surface area contributed by atoms with Gasteiger partial charge in [0, 0.05) is 31.6 Å². The first-order chi connectivity index (χ1) is 20.5. The highest BCUT2D eigenvalue weighted by atomic mass is 16.2. The van der Waals surface area contributed by atoms with Crippen LogP contribution in [-0.2, 0) is 22.7 Å². The van der Waals surface area contributed by atoms with E-state index in [0.717, 1.165) is 38.3 Å². The topological polar surface area (TPSA) is 73.0 Å². The van der Waals surface area contributed by atoms with Gasteiger partial charge in [0.1, 0.15) is 6.04 Å². The first kappa shape index (κ1) is 27.0. The molecule has 1 N–H and O–H groups in total. The van der Waals surface area contributed by atoms with Crippen LogP contribution in [-0.4, -0.2) is 64.6 Å². The molecule has 3 fully saturated rings. The zero-order chi connectivity index (χ0) is 28.7. The summed E-state index contributed by atoms with van der Waals surface area (Å²) in [6.45, 7) is 5.56. The summed E-state index contributed by atoms with van der Waals surface area (Å²) >= 11 is 0. The maximum Gasteiger partial charge on any atom is 0.255 e. The number of hydrogen-bond donors (Lipinski definition) is 1. The molecule has 7 nitrogen and oxygen atoms in total. The molecular weight excluding hydrogens is 524 g/mol. The van der Waals surface area contributed by atoms with Crippen molar-refractivity contribution in [3.05, 3.63) is 107 Å². The van der Waals surface area contributed by atoms with Gasteiger partial charge >= 0.3 is 0 Å². The van der Waals surface area contributed by atoms with Gasteiger partial charge in [-0.25, -0.2) is 0 Å². The summed E-state index contributed by atoms with van der Waals surface area (Å²) in [5.41, 5.74) is 5.96. The average Bonchev–Trinajstić information content (AvgIpc) is 3.56. The highest BCUT2D eigenvalue weighted by Gasteiger charge is 2.43. The van der Waals surface area contributed by atoms with Crippen LogP contribution in [0.2, 0.25) is 0 Å². The van der Waals surface area contributed by atoms with Crippen LogP contribution in [0, 0.1) is 5.41 Å². The van der Waals surface area contributed by atoms with Gasteiger partial charge in [-0.15, -0.1) is 0 Å². The minimum absolute atomic E-state index is 0.0991. The van der Waals surface area contributed by atoms with Crippen molar-refractivity contribution in [1.82, 2.24) is 20.0 Å². The number of likely N-dealkylation sites (tertiary alicyclic amines) is 2. The molecule has 1 unspecified atom stereocenters. The molecule has 0 radical (unpaired) electrons. The monoisotopic (exact) mass is 562 g/mol. The molecule has 1 spiro atoms. The Balaban J connectivity index is 1.02.